The van der Waals surface area contributed by atoms with Gasteiger partial charge in [0, 0.05) is 6.54 Å². The van der Waals surface area contributed by atoms with Crippen LogP contribution in [0, 0.1) is 0 Å². The van der Waals surface area contributed by atoms with E-state index in [0.717, 1.165) is 18.6 Å². The second-order valence-corrected chi connectivity index (χ2v) is 5.69. The third-order valence-corrected chi connectivity index (χ3v) is 4.25. The van der Waals surface area contributed by atoms with Gasteiger partial charge in [-0.2, -0.15) is 0 Å². The topological polar surface area (TPSA) is 38.3 Å². The summed E-state index contributed by atoms with van der Waals surface area (Å²) in [5.41, 5.74) is 2.58. The Kier molecular flexibility index (Phi) is 5.85. The van der Waals surface area contributed by atoms with Crippen molar-refractivity contribution < 1.29 is 9.53 Å². The largest absolute Gasteiger partial charge is 0.497 e. The summed E-state index contributed by atoms with van der Waals surface area (Å²) in [7, 11) is 1.68. The van der Waals surface area contributed by atoms with Crippen LogP contribution in [-0.2, 0) is 17.6 Å². The summed E-state index contributed by atoms with van der Waals surface area (Å²) >= 11 is 2.07. The zero-order chi connectivity index (χ0) is 15.2. The van der Waals surface area contributed by atoms with Crippen molar-refractivity contribution in [2.24, 2.45) is 0 Å². The molecule has 0 spiro atoms. The normalized spacial score (nSPS) is 10.6. The number of hydrogen-bond donors (Lipinski definition) is 1. The van der Waals surface area contributed by atoms with Crippen LogP contribution in [0.1, 0.15) is 18.1 Å². The highest BCUT2D eigenvalue weighted by Gasteiger charge is 2.06. The SMILES string of the molecule is CCc1cc(CCNC(=O)CI)c2cc(OC)ccc2c1. The molecule has 0 aromatic heterocycles. The Hall–Kier alpha value is -1.30. The van der Waals surface area contributed by atoms with Gasteiger partial charge >= 0.3 is 0 Å². The van der Waals surface area contributed by atoms with Crippen molar-refractivity contribution in [3.05, 3.63) is 41.5 Å². The molecule has 21 heavy (non-hydrogen) atoms. The molecule has 2 aromatic rings. The lowest BCUT2D eigenvalue weighted by molar-refractivity contribution is -0.118. The molecule has 2 rings (SSSR count). The molecule has 0 atom stereocenters. The summed E-state index contributed by atoms with van der Waals surface area (Å²) in [6, 6.07) is 10.6. The predicted octanol–water partition coefficient (Wildman–Crippen LogP) is 3.50. The molecule has 3 nitrogen and oxygen atoms in total. The number of benzene rings is 2. The van der Waals surface area contributed by atoms with E-state index in [2.05, 4.69) is 59.1 Å². The Morgan fingerprint density at radius 2 is 2.10 bits per heavy atom. The van der Waals surface area contributed by atoms with E-state index >= 15 is 0 Å². The van der Waals surface area contributed by atoms with Crippen LogP contribution in [-0.4, -0.2) is 24.0 Å². The fourth-order valence-corrected chi connectivity index (χ4v) is 2.67. The zero-order valence-corrected chi connectivity index (χ0v) is 14.6. The first-order valence-electron chi connectivity index (χ1n) is 7.10. The number of nitrogens with one attached hydrogen (secondary N) is 1. The van der Waals surface area contributed by atoms with Crippen molar-refractivity contribution in [2.45, 2.75) is 19.8 Å². The molecule has 0 bridgehead atoms. The molecule has 1 amide bonds. The second-order valence-electron chi connectivity index (χ2n) is 4.93. The smallest absolute Gasteiger partial charge is 0.229 e. The fourth-order valence-electron chi connectivity index (χ4n) is 2.40. The van der Waals surface area contributed by atoms with E-state index in [1.54, 1.807) is 7.11 Å². The van der Waals surface area contributed by atoms with Gasteiger partial charge in [0.2, 0.25) is 5.91 Å². The minimum absolute atomic E-state index is 0.0872. The first-order chi connectivity index (χ1) is 10.2. The first-order valence-corrected chi connectivity index (χ1v) is 8.62. The minimum atomic E-state index is 0.0872. The van der Waals surface area contributed by atoms with Gasteiger partial charge < -0.3 is 10.1 Å². The number of amides is 1. The number of carbonyl (C=O) groups is 1. The number of ether oxygens (including phenoxy) is 1. The third-order valence-electron chi connectivity index (χ3n) is 3.55. The molecule has 0 radical (unpaired) electrons. The number of fused-ring (bicyclic) bond motifs is 1. The summed E-state index contributed by atoms with van der Waals surface area (Å²) < 4.78 is 5.82. The van der Waals surface area contributed by atoms with E-state index in [4.69, 9.17) is 4.74 Å². The number of hydrogen-bond acceptors (Lipinski definition) is 2. The van der Waals surface area contributed by atoms with E-state index in [0.29, 0.717) is 11.0 Å². The van der Waals surface area contributed by atoms with Crippen LogP contribution in [0.3, 0.4) is 0 Å². The van der Waals surface area contributed by atoms with Crippen LogP contribution in [0.2, 0.25) is 0 Å². The number of aryl methyl sites for hydroxylation is 1. The number of rotatable bonds is 6. The van der Waals surface area contributed by atoms with Crippen LogP contribution in [0.15, 0.2) is 30.3 Å². The van der Waals surface area contributed by atoms with Gasteiger partial charge in [0.05, 0.1) is 11.5 Å². The highest BCUT2D eigenvalue weighted by molar-refractivity contribution is 14.1. The van der Waals surface area contributed by atoms with Gasteiger partial charge in [-0.25, -0.2) is 0 Å². The standard InChI is InChI=1S/C17H20INO2/c1-3-12-8-13-4-5-15(21-2)10-16(13)14(9-12)6-7-19-17(20)11-18/h4-5,8-10H,3,6-7,11H2,1-2H3,(H,19,20). The molecule has 0 aliphatic carbocycles. The van der Waals surface area contributed by atoms with Crippen LogP contribution in [0.25, 0.3) is 10.8 Å². The van der Waals surface area contributed by atoms with Crippen molar-refractivity contribution in [1.29, 1.82) is 0 Å². The van der Waals surface area contributed by atoms with Gasteiger partial charge in [-0.15, -0.1) is 0 Å². The maximum atomic E-state index is 11.4. The van der Waals surface area contributed by atoms with Gasteiger partial charge in [0.15, 0.2) is 0 Å². The van der Waals surface area contributed by atoms with Crippen molar-refractivity contribution in [3.63, 3.8) is 0 Å². The van der Waals surface area contributed by atoms with Crippen LogP contribution in [0.4, 0.5) is 0 Å². The van der Waals surface area contributed by atoms with Crippen molar-refractivity contribution in [2.75, 3.05) is 18.1 Å². The monoisotopic (exact) mass is 397 g/mol. The van der Waals surface area contributed by atoms with Gasteiger partial charge in [-0.1, -0.05) is 47.7 Å². The van der Waals surface area contributed by atoms with E-state index in [9.17, 15) is 4.79 Å². The molecule has 2 aromatic carbocycles. The number of alkyl halides is 1. The summed E-state index contributed by atoms with van der Waals surface area (Å²) in [5.74, 6) is 0.952. The molecule has 0 saturated heterocycles. The first kappa shape index (κ1) is 16.1. The fraction of sp³-hybridized carbons (Fsp3) is 0.353. The van der Waals surface area contributed by atoms with Gasteiger partial charge in [-0.05, 0) is 46.9 Å². The van der Waals surface area contributed by atoms with Crippen LogP contribution < -0.4 is 10.1 Å². The lowest BCUT2D eigenvalue weighted by Gasteiger charge is -2.11. The minimum Gasteiger partial charge on any atom is -0.497 e. The molecular formula is C17H20INO2. The quantitative estimate of drug-likeness (QED) is 0.599. The molecule has 0 saturated carbocycles. The van der Waals surface area contributed by atoms with Crippen LogP contribution >= 0.6 is 22.6 Å². The molecule has 0 aliphatic rings. The predicted molar refractivity (Wildman–Crippen MR) is 95.5 cm³/mol. The Morgan fingerprint density at radius 3 is 2.76 bits per heavy atom. The van der Waals surface area contributed by atoms with E-state index < -0.39 is 0 Å². The van der Waals surface area contributed by atoms with Gasteiger partial charge in [-0.3, -0.25) is 4.79 Å². The molecule has 0 aliphatic heterocycles. The molecule has 1 N–H and O–H groups in total. The highest BCUT2D eigenvalue weighted by Crippen LogP contribution is 2.26. The highest BCUT2D eigenvalue weighted by atomic mass is 127. The molecular weight excluding hydrogens is 377 g/mol. The van der Waals surface area contributed by atoms with E-state index in [1.807, 2.05) is 6.07 Å². The van der Waals surface area contributed by atoms with Gasteiger partial charge in [0.25, 0.3) is 0 Å². The number of methoxy groups -OCH3 is 1. The summed E-state index contributed by atoms with van der Waals surface area (Å²) in [5, 5.41) is 5.37. The average Bonchev–Trinajstić information content (AvgIpc) is 2.53. The summed E-state index contributed by atoms with van der Waals surface area (Å²) in [6.45, 7) is 2.83. The number of carbonyl (C=O) groups excluding carboxylic acids is 1. The summed E-state index contributed by atoms with van der Waals surface area (Å²) in [4.78, 5) is 11.4. The molecule has 0 heterocycles. The second kappa shape index (κ2) is 7.64. The zero-order valence-electron chi connectivity index (χ0n) is 12.4. The lowest BCUT2D eigenvalue weighted by Crippen LogP contribution is -2.26. The molecule has 0 fully saturated rings. The Bertz CT molecular complexity index is 640. The van der Waals surface area contributed by atoms with Crippen molar-refractivity contribution in [3.8, 4) is 5.75 Å². The molecule has 0 unspecified atom stereocenters. The average molecular weight is 397 g/mol. The maximum Gasteiger partial charge on any atom is 0.229 e. The van der Waals surface area contributed by atoms with E-state index in [1.165, 1.54) is 21.9 Å². The van der Waals surface area contributed by atoms with Gasteiger partial charge in [0.1, 0.15) is 5.75 Å². The maximum absolute atomic E-state index is 11.4. The summed E-state index contributed by atoms with van der Waals surface area (Å²) in [6.07, 6.45) is 1.84. The number of halogens is 1. The van der Waals surface area contributed by atoms with Crippen molar-refractivity contribution >= 4 is 39.3 Å². The molecule has 4 heteroatoms. The van der Waals surface area contributed by atoms with Crippen LogP contribution in [0.5, 0.6) is 5.75 Å². The Labute approximate surface area is 139 Å². The van der Waals surface area contributed by atoms with Crippen molar-refractivity contribution in [1.82, 2.24) is 5.32 Å². The molecule has 112 valence electrons. The Balaban J connectivity index is 2.31. The van der Waals surface area contributed by atoms with E-state index in [-0.39, 0.29) is 5.91 Å². The Morgan fingerprint density at radius 1 is 1.29 bits per heavy atom. The third kappa shape index (κ3) is 4.09. The lowest BCUT2D eigenvalue weighted by atomic mass is 9.97.